The van der Waals surface area contributed by atoms with Crippen LogP contribution in [0.5, 0.6) is 0 Å². The van der Waals surface area contributed by atoms with Gasteiger partial charge in [0.1, 0.15) is 4.88 Å². The zero-order valence-electron chi connectivity index (χ0n) is 11.5. The van der Waals surface area contributed by atoms with E-state index in [-0.39, 0.29) is 23.9 Å². The summed E-state index contributed by atoms with van der Waals surface area (Å²) in [4.78, 5) is 27.5. The van der Waals surface area contributed by atoms with Gasteiger partial charge in [-0.2, -0.15) is 0 Å². The van der Waals surface area contributed by atoms with Gasteiger partial charge in [-0.05, 0) is 29.6 Å². The summed E-state index contributed by atoms with van der Waals surface area (Å²) < 4.78 is 3.79. The normalized spacial score (nSPS) is 10.6. The molecule has 2 aromatic rings. The Morgan fingerprint density at radius 3 is 2.86 bits per heavy atom. The molecule has 21 heavy (non-hydrogen) atoms. The van der Waals surface area contributed by atoms with E-state index >= 15 is 0 Å². The lowest BCUT2D eigenvalue weighted by molar-refractivity contribution is 0.0696. The van der Waals surface area contributed by atoms with E-state index in [2.05, 4.69) is 19.9 Å². The van der Waals surface area contributed by atoms with Crippen LogP contribution in [0.1, 0.15) is 51.2 Å². The lowest BCUT2D eigenvalue weighted by atomic mass is 10.1. The minimum absolute atomic E-state index is 0.109. The number of nitrogens with zero attached hydrogens (tertiary/aromatic N) is 3. The Bertz CT molecular complexity index is 669. The van der Waals surface area contributed by atoms with Crippen LogP contribution in [0.3, 0.4) is 0 Å². The van der Waals surface area contributed by atoms with E-state index in [9.17, 15) is 9.59 Å². The third kappa shape index (κ3) is 3.60. The fraction of sp³-hybridized carbons (Fsp3) is 0.308. The zero-order valence-corrected chi connectivity index (χ0v) is 12.3. The molecule has 2 heterocycles. The highest BCUT2D eigenvalue weighted by atomic mass is 32.1. The van der Waals surface area contributed by atoms with E-state index in [0.29, 0.717) is 16.3 Å². The van der Waals surface area contributed by atoms with Gasteiger partial charge in [0, 0.05) is 6.20 Å². The van der Waals surface area contributed by atoms with Crippen LogP contribution in [0, 0.1) is 0 Å². The summed E-state index contributed by atoms with van der Waals surface area (Å²) >= 11 is 1.04. The predicted molar refractivity (Wildman–Crippen MR) is 76.4 cm³/mol. The summed E-state index contributed by atoms with van der Waals surface area (Å²) in [6.45, 7) is 4.02. The van der Waals surface area contributed by atoms with Crippen LogP contribution in [-0.4, -0.2) is 31.6 Å². The van der Waals surface area contributed by atoms with Gasteiger partial charge in [0.15, 0.2) is 0 Å². The molecule has 0 fully saturated rings. The van der Waals surface area contributed by atoms with Gasteiger partial charge in [-0.1, -0.05) is 18.3 Å². The largest absolute Gasteiger partial charge is 0.478 e. The van der Waals surface area contributed by atoms with Crippen molar-refractivity contribution in [2.24, 2.45) is 0 Å². The van der Waals surface area contributed by atoms with Crippen LogP contribution in [0.2, 0.25) is 0 Å². The fourth-order valence-electron chi connectivity index (χ4n) is 1.69. The number of amides is 1. The van der Waals surface area contributed by atoms with Crippen molar-refractivity contribution in [1.82, 2.24) is 19.9 Å². The standard InChI is InChI=1S/C13H14N4O3S/c1-7(2)10-11(21-17-16-10)12(18)15-6-9-5-8(13(19)20)3-4-14-9/h3-5,7H,6H2,1-2H3,(H,15,18)(H,19,20). The number of carbonyl (C=O) groups is 2. The maximum Gasteiger partial charge on any atom is 0.335 e. The highest BCUT2D eigenvalue weighted by Crippen LogP contribution is 2.19. The van der Waals surface area contributed by atoms with E-state index < -0.39 is 5.97 Å². The summed E-state index contributed by atoms with van der Waals surface area (Å²) in [7, 11) is 0. The SMILES string of the molecule is CC(C)c1nnsc1C(=O)NCc1cc(C(=O)O)ccn1. The minimum Gasteiger partial charge on any atom is -0.478 e. The number of hydrogen-bond acceptors (Lipinski definition) is 6. The molecule has 2 rings (SSSR count). The monoisotopic (exact) mass is 306 g/mol. The third-order valence-corrected chi connectivity index (χ3v) is 3.50. The number of aromatic nitrogens is 3. The molecule has 1 amide bonds. The van der Waals surface area contributed by atoms with Gasteiger partial charge in [-0.15, -0.1) is 5.10 Å². The molecule has 0 aliphatic carbocycles. The second-order valence-corrected chi connectivity index (χ2v) is 5.42. The van der Waals surface area contributed by atoms with Crippen molar-refractivity contribution >= 4 is 23.4 Å². The summed E-state index contributed by atoms with van der Waals surface area (Å²) in [5.41, 5.74) is 1.27. The first-order valence-corrected chi connectivity index (χ1v) is 7.05. The molecule has 0 aromatic carbocycles. The second kappa shape index (κ2) is 6.40. The third-order valence-electron chi connectivity index (χ3n) is 2.76. The van der Waals surface area contributed by atoms with E-state index in [4.69, 9.17) is 5.11 Å². The Morgan fingerprint density at radius 2 is 2.19 bits per heavy atom. The molecule has 0 atom stereocenters. The van der Waals surface area contributed by atoms with E-state index in [0.717, 1.165) is 11.5 Å². The molecule has 7 nitrogen and oxygen atoms in total. The Kier molecular flexibility index (Phi) is 4.59. The van der Waals surface area contributed by atoms with Gasteiger partial charge < -0.3 is 10.4 Å². The molecular weight excluding hydrogens is 292 g/mol. The van der Waals surface area contributed by atoms with Crippen molar-refractivity contribution in [2.75, 3.05) is 0 Å². The van der Waals surface area contributed by atoms with Crippen molar-refractivity contribution in [3.8, 4) is 0 Å². The highest BCUT2D eigenvalue weighted by molar-refractivity contribution is 7.08. The lowest BCUT2D eigenvalue weighted by Gasteiger charge is -2.06. The number of nitrogens with one attached hydrogen (secondary N) is 1. The molecule has 0 radical (unpaired) electrons. The highest BCUT2D eigenvalue weighted by Gasteiger charge is 2.18. The maximum absolute atomic E-state index is 12.1. The molecule has 0 saturated carbocycles. The lowest BCUT2D eigenvalue weighted by Crippen LogP contribution is -2.23. The molecule has 0 spiro atoms. The molecule has 0 aliphatic heterocycles. The number of pyridine rings is 1. The molecule has 0 unspecified atom stereocenters. The van der Waals surface area contributed by atoms with Gasteiger partial charge in [0.2, 0.25) is 0 Å². The Hall–Kier alpha value is -2.35. The first-order chi connectivity index (χ1) is 9.99. The van der Waals surface area contributed by atoms with E-state index in [1.165, 1.54) is 18.3 Å². The number of hydrogen-bond donors (Lipinski definition) is 2. The summed E-state index contributed by atoms with van der Waals surface area (Å²) in [5, 5.41) is 15.5. The van der Waals surface area contributed by atoms with Crippen molar-refractivity contribution in [3.05, 3.63) is 40.2 Å². The van der Waals surface area contributed by atoms with Gasteiger partial charge in [-0.25, -0.2) is 4.79 Å². The topological polar surface area (TPSA) is 105 Å². The summed E-state index contributed by atoms with van der Waals surface area (Å²) in [6, 6.07) is 2.83. The zero-order chi connectivity index (χ0) is 15.4. The van der Waals surface area contributed by atoms with Crippen LogP contribution < -0.4 is 5.32 Å². The van der Waals surface area contributed by atoms with Crippen LogP contribution in [-0.2, 0) is 6.54 Å². The molecular formula is C13H14N4O3S. The Morgan fingerprint density at radius 1 is 1.43 bits per heavy atom. The number of carboxylic acids is 1. The number of rotatable bonds is 5. The predicted octanol–water partition coefficient (Wildman–Crippen LogP) is 1.68. The minimum atomic E-state index is -1.03. The second-order valence-electron chi connectivity index (χ2n) is 4.67. The van der Waals surface area contributed by atoms with Gasteiger partial charge in [0.25, 0.3) is 5.91 Å². The smallest absolute Gasteiger partial charge is 0.335 e. The van der Waals surface area contributed by atoms with Crippen LogP contribution in [0.4, 0.5) is 0 Å². The molecule has 0 aliphatic rings. The van der Waals surface area contributed by atoms with Crippen molar-refractivity contribution in [1.29, 1.82) is 0 Å². The molecule has 0 bridgehead atoms. The molecule has 8 heteroatoms. The van der Waals surface area contributed by atoms with Crippen molar-refractivity contribution in [3.63, 3.8) is 0 Å². The summed E-state index contributed by atoms with van der Waals surface area (Å²) in [6.07, 6.45) is 1.40. The van der Waals surface area contributed by atoms with Gasteiger partial charge in [-0.3, -0.25) is 9.78 Å². The van der Waals surface area contributed by atoms with Crippen LogP contribution in [0.25, 0.3) is 0 Å². The average Bonchev–Trinajstić information content (AvgIpc) is 2.94. The van der Waals surface area contributed by atoms with Crippen molar-refractivity contribution < 1.29 is 14.7 Å². The number of carboxylic acid groups (broad SMARTS) is 1. The summed E-state index contributed by atoms with van der Waals surface area (Å²) in [5.74, 6) is -1.20. The van der Waals surface area contributed by atoms with E-state index in [1.807, 2.05) is 13.8 Å². The van der Waals surface area contributed by atoms with Crippen molar-refractivity contribution in [2.45, 2.75) is 26.3 Å². The van der Waals surface area contributed by atoms with Gasteiger partial charge >= 0.3 is 5.97 Å². The first kappa shape index (κ1) is 15.0. The molecule has 0 saturated heterocycles. The number of aromatic carboxylic acids is 1. The quantitative estimate of drug-likeness (QED) is 0.870. The fourth-order valence-corrected chi connectivity index (χ4v) is 2.43. The number of carbonyl (C=O) groups excluding carboxylic acids is 1. The van der Waals surface area contributed by atoms with E-state index in [1.54, 1.807) is 0 Å². The molecule has 110 valence electrons. The molecule has 2 aromatic heterocycles. The van der Waals surface area contributed by atoms with Crippen LogP contribution in [0.15, 0.2) is 18.3 Å². The first-order valence-electron chi connectivity index (χ1n) is 6.27. The maximum atomic E-state index is 12.1. The Labute approximate surface area is 125 Å². The molecule has 2 N–H and O–H groups in total. The van der Waals surface area contributed by atoms with Crippen LogP contribution >= 0.6 is 11.5 Å². The average molecular weight is 306 g/mol. The Balaban J connectivity index is 2.06. The van der Waals surface area contributed by atoms with Gasteiger partial charge in [0.05, 0.1) is 23.5 Å².